The van der Waals surface area contributed by atoms with Gasteiger partial charge in [-0.2, -0.15) is 0 Å². The highest BCUT2D eigenvalue weighted by atomic mass is 15.1. The molecule has 0 amide bonds. The SMILES string of the molecule is CC1(C)c2ccccc2-c2cc(-c3ccc4c(c3)c3ccccc3n4-c3ncc4cccc5c4c3-c3ccccc3-5)ccc21. The Morgan fingerprint density at radius 3 is 2.11 bits per heavy atom. The van der Waals surface area contributed by atoms with Crippen molar-refractivity contribution >= 4 is 32.6 Å². The van der Waals surface area contributed by atoms with Gasteiger partial charge in [0.1, 0.15) is 5.82 Å². The molecule has 2 nitrogen and oxygen atoms in total. The van der Waals surface area contributed by atoms with Crippen LogP contribution >= 0.6 is 0 Å². The zero-order chi connectivity index (χ0) is 29.2. The molecule has 0 aliphatic heterocycles. The Hall–Kier alpha value is -5.47. The molecule has 0 N–H and O–H groups in total. The van der Waals surface area contributed by atoms with Crippen molar-refractivity contribution in [3.05, 3.63) is 145 Å². The van der Waals surface area contributed by atoms with Gasteiger partial charge in [0.2, 0.25) is 0 Å². The number of hydrogen-bond donors (Lipinski definition) is 0. The van der Waals surface area contributed by atoms with Gasteiger partial charge in [-0.3, -0.25) is 4.57 Å². The third-order valence-corrected chi connectivity index (χ3v) is 10.2. The van der Waals surface area contributed by atoms with Gasteiger partial charge >= 0.3 is 0 Å². The predicted octanol–water partition coefficient (Wildman–Crippen LogP) is 11.0. The second-order valence-electron chi connectivity index (χ2n) is 12.8. The van der Waals surface area contributed by atoms with Crippen LogP contribution in [0.1, 0.15) is 25.0 Å². The molecule has 206 valence electrons. The van der Waals surface area contributed by atoms with Gasteiger partial charge in [0.25, 0.3) is 0 Å². The minimum Gasteiger partial charge on any atom is -0.293 e. The molecule has 0 saturated carbocycles. The monoisotopic (exact) mass is 560 g/mol. The van der Waals surface area contributed by atoms with Crippen molar-refractivity contribution in [3.63, 3.8) is 0 Å². The summed E-state index contributed by atoms with van der Waals surface area (Å²) in [4.78, 5) is 5.17. The minimum atomic E-state index is 0.00851. The molecule has 44 heavy (non-hydrogen) atoms. The van der Waals surface area contributed by atoms with Crippen LogP contribution in [0.25, 0.3) is 82.9 Å². The second kappa shape index (κ2) is 8.33. The molecule has 10 rings (SSSR count). The molecule has 0 unspecified atom stereocenters. The van der Waals surface area contributed by atoms with Crippen molar-refractivity contribution in [2.75, 3.05) is 0 Å². The van der Waals surface area contributed by atoms with Gasteiger partial charge < -0.3 is 0 Å². The van der Waals surface area contributed by atoms with Crippen LogP contribution in [0.2, 0.25) is 0 Å². The lowest BCUT2D eigenvalue weighted by atomic mass is 9.82. The van der Waals surface area contributed by atoms with E-state index in [-0.39, 0.29) is 5.41 Å². The molecule has 0 radical (unpaired) electrons. The van der Waals surface area contributed by atoms with E-state index >= 15 is 0 Å². The van der Waals surface area contributed by atoms with E-state index in [1.54, 1.807) is 0 Å². The van der Waals surface area contributed by atoms with Crippen LogP contribution < -0.4 is 0 Å². The first-order valence-corrected chi connectivity index (χ1v) is 15.4. The van der Waals surface area contributed by atoms with E-state index in [9.17, 15) is 0 Å². The number of pyridine rings is 1. The topological polar surface area (TPSA) is 17.8 Å². The molecule has 0 fully saturated rings. The van der Waals surface area contributed by atoms with Crippen LogP contribution in [-0.4, -0.2) is 9.55 Å². The normalized spacial score (nSPS) is 13.9. The van der Waals surface area contributed by atoms with Crippen LogP contribution in [0.15, 0.2) is 134 Å². The molecule has 2 aromatic heterocycles. The van der Waals surface area contributed by atoms with E-state index < -0.39 is 0 Å². The molecule has 0 spiro atoms. The van der Waals surface area contributed by atoms with Crippen molar-refractivity contribution < 1.29 is 0 Å². The van der Waals surface area contributed by atoms with Crippen molar-refractivity contribution in [1.29, 1.82) is 0 Å². The molecule has 2 aliphatic carbocycles. The Balaban J connectivity index is 1.22. The summed E-state index contributed by atoms with van der Waals surface area (Å²) in [6.07, 6.45) is 2.04. The fourth-order valence-corrected chi connectivity index (χ4v) is 8.13. The molecule has 0 saturated heterocycles. The van der Waals surface area contributed by atoms with E-state index in [1.165, 1.54) is 88.2 Å². The van der Waals surface area contributed by atoms with Gasteiger partial charge in [-0.05, 0) is 74.3 Å². The van der Waals surface area contributed by atoms with E-state index in [0.717, 1.165) is 5.82 Å². The fourth-order valence-electron chi connectivity index (χ4n) is 8.13. The summed E-state index contributed by atoms with van der Waals surface area (Å²) in [7, 11) is 0. The van der Waals surface area contributed by atoms with Crippen LogP contribution in [0.3, 0.4) is 0 Å². The number of fused-ring (bicyclic) bond motifs is 9. The third-order valence-electron chi connectivity index (χ3n) is 10.2. The maximum atomic E-state index is 5.17. The molecular weight excluding hydrogens is 532 g/mol. The maximum absolute atomic E-state index is 5.17. The maximum Gasteiger partial charge on any atom is 0.146 e. The largest absolute Gasteiger partial charge is 0.293 e. The van der Waals surface area contributed by atoms with Crippen LogP contribution in [0.4, 0.5) is 0 Å². The van der Waals surface area contributed by atoms with Gasteiger partial charge in [-0.25, -0.2) is 4.98 Å². The number of nitrogens with zero attached hydrogens (tertiary/aromatic N) is 2. The fraction of sp³-hybridized carbons (Fsp3) is 0.0714. The van der Waals surface area contributed by atoms with E-state index in [2.05, 4.69) is 146 Å². The zero-order valence-electron chi connectivity index (χ0n) is 24.6. The highest BCUT2D eigenvalue weighted by molar-refractivity contribution is 6.18. The Morgan fingerprint density at radius 1 is 0.523 bits per heavy atom. The average Bonchev–Trinajstić information content (AvgIpc) is 3.66. The van der Waals surface area contributed by atoms with Crippen LogP contribution in [0.5, 0.6) is 0 Å². The predicted molar refractivity (Wildman–Crippen MR) is 184 cm³/mol. The van der Waals surface area contributed by atoms with Crippen molar-refractivity contribution in [2.24, 2.45) is 0 Å². The summed E-state index contributed by atoms with van der Waals surface area (Å²) in [5, 5.41) is 4.96. The standard InChI is InChI=1S/C42H28N2/c1-42(2)35-16-7-5-12-29(35)33-22-25(18-20-36(33)42)26-19-21-38-34(23-26)30-13-6-8-17-37(30)44(38)41-40-32-14-4-3-11-28(32)31-15-9-10-27(24-43-41)39(31)40/h3-24H,1-2H3. The lowest BCUT2D eigenvalue weighted by molar-refractivity contribution is 0.660. The van der Waals surface area contributed by atoms with Gasteiger partial charge in [0, 0.05) is 38.7 Å². The molecular formula is C42H28N2. The first-order valence-electron chi connectivity index (χ1n) is 15.4. The smallest absolute Gasteiger partial charge is 0.146 e. The molecule has 6 aromatic carbocycles. The molecule has 0 atom stereocenters. The zero-order valence-corrected chi connectivity index (χ0v) is 24.6. The average molecular weight is 561 g/mol. The Bertz CT molecular complexity index is 2530. The second-order valence-corrected chi connectivity index (χ2v) is 12.8. The Morgan fingerprint density at radius 2 is 1.20 bits per heavy atom. The highest BCUT2D eigenvalue weighted by Gasteiger charge is 2.35. The summed E-state index contributed by atoms with van der Waals surface area (Å²) in [5.74, 6) is 0.991. The van der Waals surface area contributed by atoms with Gasteiger partial charge in [-0.15, -0.1) is 0 Å². The number of hydrogen-bond acceptors (Lipinski definition) is 1. The summed E-state index contributed by atoms with van der Waals surface area (Å²) < 4.78 is 2.38. The highest BCUT2D eigenvalue weighted by Crippen LogP contribution is 2.51. The first-order chi connectivity index (χ1) is 21.6. The van der Waals surface area contributed by atoms with E-state index in [1.807, 2.05) is 6.20 Å². The molecule has 8 aromatic rings. The van der Waals surface area contributed by atoms with Gasteiger partial charge in [-0.1, -0.05) is 117 Å². The summed E-state index contributed by atoms with van der Waals surface area (Å²) >= 11 is 0. The summed E-state index contributed by atoms with van der Waals surface area (Å²) in [6, 6.07) is 47.0. The number of aromatic nitrogens is 2. The number of benzene rings is 6. The Kier molecular flexibility index (Phi) is 4.55. The third kappa shape index (κ3) is 2.97. The molecule has 2 aliphatic rings. The minimum absolute atomic E-state index is 0.00851. The van der Waals surface area contributed by atoms with Gasteiger partial charge in [0.05, 0.1) is 11.0 Å². The van der Waals surface area contributed by atoms with Crippen LogP contribution in [-0.2, 0) is 5.41 Å². The van der Waals surface area contributed by atoms with E-state index in [0.29, 0.717) is 0 Å². The first kappa shape index (κ1) is 24.0. The van der Waals surface area contributed by atoms with Crippen LogP contribution in [0, 0.1) is 0 Å². The quantitative estimate of drug-likeness (QED) is 0.206. The van der Waals surface area contributed by atoms with Crippen molar-refractivity contribution in [3.8, 4) is 50.3 Å². The summed E-state index contributed by atoms with van der Waals surface area (Å²) in [5.41, 5.74) is 15.4. The molecule has 2 heterocycles. The Labute approximate surface area is 255 Å². The summed E-state index contributed by atoms with van der Waals surface area (Å²) in [6.45, 7) is 4.68. The lowest BCUT2D eigenvalue weighted by Crippen LogP contribution is -2.14. The van der Waals surface area contributed by atoms with Crippen molar-refractivity contribution in [2.45, 2.75) is 19.3 Å². The molecule has 0 bridgehead atoms. The number of rotatable bonds is 2. The number of para-hydroxylation sites is 1. The van der Waals surface area contributed by atoms with E-state index in [4.69, 9.17) is 4.98 Å². The van der Waals surface area contributed by atoms with Gasteiger partial charge in [0.15, 0.2) is 0 Å². The van der Waals surface area contributed by atoms with Crippen molar-refractivity contribution in [1.82, 2.24) is 9.55 Å². The molecule has 2 heteroatoms. The lowest BCUT2D eigenvalue weighted by Gasteiger charge is -2.21.